The van der Waals surface area contributed by atoms with Gasteiger partial charge in [0.15, 0.2) is 0 Å². The lowest BCUT2D eigenvalue weighted by molar-refractivity contribution is -0.384. The van der Waals surface area contributed by atoms with Gasteiger partial charge in [-0.15, -0.1) is 11.8 Å². The maximum atomic E-state index is 13.3. The summed E-state index contributed by atoms with van der Waals surface area (Å²) in [5.74, 6) is -1.36. The molecule has 4 aromatic rings. The Hall–Kier alpha value is -4.64. The molecule has 3 amide bonds. The molecule has 0 unspecified atom stereocenters. The quantitative estimate of drug-likeness (QED) is 0.0723. The van der Waals surface area contributed by atoms with E-state index in [-0.39, 0.29) is 23.0 Å². The number of carbonyl (C=O) groups is 3. The Labute approximate surface area is 261 Å². The van der Waals surface area contributed by atoms with Crippen LogP contribution in [0.25, 0.3) is 6.08 Å². The fourth-order valence-corrected chi connectivity index (χ4v) is 4.97. The van der Waals surface area contributed by atoms with E-state index in [1.807, 2.05) is 0 Å². The summed E-state index contributed by atoms with van der Waals surface area (Å²) in [4.78, 5) is 49.9. The number of hydrogen-bond donors (Lipinski definition) is 3. The third-order valence-electron chi connectivity index (χ3n) is 6.01. The number of carbonyl (C=O) groups excluding carboxylic acids is 3. The highest BCUT2D eigenvalue weighted by Crippen LogP contribution is 2.27. The van der Waals surface area contributed by atoms with Crippen LogP contribution in [0.15, 0.2) is 102 Å². The van der Waals surface area contributed by atoms with E-state index in [0.29, 0.717) is 38.1 Å². The highest BCUT2D eigenvalue weighted by Gasteiger charge is 2.17. The van der Waals surface area contributed by atoms with Crippen molar-refractivity contribution < 1.29 is 19.3 Å². The van der Waals surface area contributed by atoms with Crippen LogP contribution in [0.4, 0.5) is 17.1 Å². The summed E-state index contributed by atoms with van der Waals surface area (Å²) in [6.45, 7) is 1.75. The van der Waals surface area contributed by atoms with Crippen LogP contribution in [0.3, 0.4) is 0 Å². The Morgan fingerprint density at radius 2 is 1.56 bits per heavy atom. The highest BCUT2D eigenvalue weighted by molar-refractivity contribution is 8.00. The maximum absolute atomic E-state index is 13.3. The van der Waals surface area contributed by atoms with Crippen LogP contribution in [0.5, 0.6) is 0 Å². The predicted molar refractivity (Wildman–Crippen MR) is 171 cm³/mol. The van der Waals surface area contributed by atoms with Crippen LogP contribution in [-0.4, -0.2) is 28.4 Å². The average molecular weight is 636 g/mol. The molecular weight excluding hydrogens is 611 g/mol. The molecule has 0 saturated carbocycles. The van der Waals surface area contributed by atoms with Gasteiger partial charge in [0, 0.05) is 43.9 Å². The molecule has 4 aromatic carbocycles. The summed E-state index contributed by atoms with van der Waals surface area (Å²) in [6, 6.07) is 24.4. The van der Waals surface area contributed by atoms with Crippen LogP contribution < -0.4 is 16.0 Å². The van der Waals surface area contributed by atoms with Gasteiger partial charge in [-0.3, -0.25) is 24.5 Å². The maximum Gasteiger partial charge on any atom is 0.272 e. The van der Waals surface area contributed by atoms with Crippen LogP contribution in [0.1, 0.15) is 21.5 Å². The number of benzene rings is 4. The van der Waals surface area contributed by atoms with Gasteiger partial charge in [-0.1, -0.05) is 53.5 Å². The number of nitro benzene ring substituents is 1. The Balaban J connectivity index is 1.43. The summed E-state index contributed by atoms with van der Waals surface area (Å²) in [7, 11) is 0. The largest absolute Gasteiger partial charge is 0.325 e. The molecule has 0 aromatic heterocycles. The Morgan fingerprint density at radius 1 is 0.884 bits per heavy atom. The molecule has 0 aliphatic heterocycles. The molecule has 0 atom stereocenters. The standard InChI is InChI=1S/C31H24Cl2N4O5S/c1-19-10-13-22(37(41)42)16-27(19)35-29(38)18-43-23-14-11-21(12-15-23)34-31(40)28(17-24-25(32)8-5-9-26(24)33)36-30(39)20-6-3-2-4-7-20/h2-17H,18H2,1H3,(H,34,40)(H,35,38)(H,36,39)/b28-17-. The Bertz CT molecular complexity index is 1690. The predicted octanol–water partition coefficient (Wildman–Crippen LogP) is 7.35. The van der Waals surface area contributed by atoms with Gasteiger partial charge < -0.3 is 16.0 Å². The summed E-state index contributed by atoms with van der Waals surface area (Å²) in [6.07, 6.45) is 1.41. The molecule has 218 valence electrons. The summed E-state index contributed by atoms with van der Waals surface area (Å²) < 4.78 is 0. The number of amides is 3. The van der Waals surface area contributed by atoms with Crippen LogP contribution >= 0.6 is 35.0 Å². The van der Waals surface area contributed by atoms with Crippen LogP contribution in [0.2, 0.25) is 10.0 Å². The van der Waals surface area contributed by atoms with Crippen LogP contribution in [0, 0.1) is 17.0 Å². The average Bonchev–Trinajstić information content (AvgIpc) is 2.99. The van der Waals surface area contributed by atoms with Gasteiger partial charge in [-0.2, -0.15) is 0 Å². The molecule has 0 radical (unpaired) electrons. The summed E-state index contributed by atoms with van der Waals surface area (Å²) in [5.41, 5.74) is 2.06. The zero-order valence-electron chi connectivity index (χ0n) is 22.6. The molecule has 0 fully saturated rings. The first-order valence-corrected chi connectivity index (χ1v) is 14.5. The first-order valence-electron chi connectivity index (χ1n) is 12.7. The molecule has 0 saturated heterocycles. The third kappa shape index (κ3) is 8.68. The van der Waals surface area contributed by atoms with Gasteiger partial charge >= 0.3 is 0 Å². The fraction of sp³-hybridized carbons (Fsp3) is 0.0645. The molecule has 0 aliphatic rings. The van der Waals surface area contributed by atoms with Gasteiger partial charge in [0.2, 0.25) is 5.91 Å². The lowest BCUT2D eigenvalue weighted by Crippen LogP contribution is -2.30. The number of nitrogens with one attached hydrogen (secondary N) is 3. The number of thioether (sulfide) groups is 1. The van der Waals surface area contributed by atoms with E-state index in [0.717, 1.165) is 4.90 Å². The molecule has 0 heterocycles. The van der Waals surface area contributed by atoms with E-state index in [1.54, 1.807) is 85.8 Å². The Kier molecular flexibility index (Phi) is 10.6. The molecule has 9 nitrogen and oxygen atoms in total. The van der Waals surface area contributed by atoms with E-state index in [2.05, 4.69) is 16.0 Å². The van der Waals surface area contributed by atoms with Crippen molar-refractivity contribution in [3.8, 4) is 0 Å². The molecular formula is C31H24Cl2N4O5S. The molecule has 43 heavy (non-hydrogen) atoms. The fourth-order valence-electron chi connectivity index (χ4n) is 3.76. The zero-order chi connectivity index (χ0) is 30.9. The van der Waals surface area contributed by atoms with E-state index in [1.165, 1.54) is 30.0 Å². The number of aryl methyl sites for hydroxylation is 1. The SMILES string of the molecule is Cc1ccc([N+](=O)[O-])cc1NC(=O)CSc1ccc(NC(=O)/C(=C/c2c(Cl)cccc2Cl)NC(=O)c2ccccc2)cc1. The van der Waals surface area contributed by atoms with Gasteiger partial charge in [0.1, 0.15) is 5.70 Å². The minimum atomic E-state index is -0.604. The number of nitrogens with zero attached hydrogens (tertiary/aromatic N) is 1. The summed E-state index contributed by atoms with van der Waals surface area (Å²) in [5, 5.41) is 19.7. The number of nitro groups is 1. The monoisotopic (exact) mass is 634 g/mol. The minimum Gasteiger partial charge on any atom is -0.325 e. The van der Waals surface area contributed by atoms with Crippen molar-refractivity contribution in [3.63, 3.8) is 0 Å². The third-order valence-corrected chi connectivity index (χ3v) is 7.68. The second-order valence-corrected chi connectivity index (χ2v) is 10.9. The van der Waals surface area contributed by atoms with Crippen molar-refractivity contribution in [1.29, 1.82) is 0 Å². The zero-order valence-corrected chi connectivity index (χ0v) is 24.9. The lowest BCUT2D eigenvalue weighted by atomic mass is 10.1. The normalized spacial score (nSPS) is 11.0. The summed E-state index contributed by atoms with van der Waals surface area (Å²) >= 11 is 13.9. The van der Waals surface area contributed by atoms with Crippen molar-refractivity contribution in [3.05, 3.63) is 134 Å². The molecule has 3 N–H and O–H groups in total. The Morgan fingerprint density at radius 3 is 2.21 bits per heavy atom. The van der Waals surface area contributed by atoms with Gasteiger partial charge in [-0.05, 0) is 67.1 Å². The van der Waals surface area contributed by atoms with Crippen molar-refractivity contribution in [2.24, 2.45) is 0 Å². The van der Waals surface area contributed by atoms with Crippen molar-refractivity contribution in [2.45, 2.75) is 11.8 Å². The highest BCUT2D eigenvalue weighted by atomic mass is 35.5. The lowest BCUT2D eigenvalue weighted by Gasteiger charge is -2.13. The number of rotatable bonds is 10. The number of anilines is 2. The molecule has 12 heteroatoms. The van der Waals surface area contributed by atoms with Crippen molar-refractivity contribution in [2.75, 3.05) is 16.4 Å². The number of non-ortho nitro benzene ring substituents is 1. The second-order valence-electron chi connectivity index (χ2n) is 9.09. The van der Waals surface area contributed by atoms with Crippen molar-refractivity contribution >= 4 is 75.8 Å². The first-order chi connectivity index (χ1) is 20.6. The van der Waals surface area contributed by atoms with Crippen LogP contribution in [-0.2, 0) is 9.59 Å². The van der Waals surface area contributed by atoms with E-state index in [9.17, 15) is 24.5 Å². The van der Waals surface area contributed by atoms with Gasteiger partial charge in [0.05, 0.1) is 16.4 Å². The minimum absolute atomic E-state index is 0.0604. The number of halogens is 2. The van der Waals surface area contributed by atoms with E-state index < -0.39 is 16.7 Å². The first kappa shape index (κ1) is 31.3. The topological polar surface area (TPSA) is 130 Å². The molecule has 4 rings (SSSR count). The molecule has 0 bridgehead atoms. The van der Waals surface area contributed by atoms with E-state index in [4.69, 9.17) is 23.2 Å². The van der Waals surface area contributed by atoms with Crippen molar-refractivity contribution in [1.82, 2.24) is 5.32 Å². The smallest absolute Gasteiger partial charge is 0.272 e. The van der Waals surface area contributed by atoms with E-state index >= 15 is 0 Å². The number of hydrogen-bond acceptors (Lipinski definition) is 6. The molecule has 0 aliphatic carbocycles. The second kappa shape index (κ2) is 14.5. The van der Waals surface area contributed by atoms with Gasteiger partial charge in [-0.25, -0.2) is 0 Å². The molecule has 0 spiro atoms. The van der Waals surface area contributed by atoms with Gasteiger partial charge in [0.25, 0.3) is 17.5 Å².